The van der Waals surface area contributed by atoms with Crippen LogP contribution in [0.25, 0.3) is 0 Å². The zero-order valence-electron chi connectivity index (χ0n) is 15.1. The molecule has 0 bridgehead atoms. The van der Waals surface area contributed by atoms with E-state index in [4.69, 9.17) is 10.00 Å². The van der Waals surface area contributed by atoms with E-state index < -0.39 is 0 Å². The molecule has 0 unspecified atom stereocenters. The van der Waals surface area contributed by atoms with Gasteiger partial charge in [-0.1, -0.05) is 18.2 Å². The largest absolute Gasteiger partial charge is 0.497 e. The summed E-state index contributed by atoms with van der Waals surface area (Å²) >= 11 is 0. The maximum Gasteiger partial charge on any atom is 0.241 e. The maximum atomic E-state index is 12.7. The van der Waals surface area contributed by atoms with Crippen molar-refractivity contribution >= 4 is 11.6 Å². The maximum absolute atomic E-state index is 12.7. The number of methoxy groups -OCH3 is 1. The van der Waals surface area contributed by atoms with Crippen molar-refractivity contribution in [2.75, 3.05) is 12.4 Å². The van der Waals surface area contributed by atoms with Gasteiger partial charge in [0.2, 0.25) is 5.91 Å². The monoisotopic (exact) mass is 349 g/mol. The molecule has 1 aliphatic carbocycles. The normalized spacial score (nSPS) is 14.5. The first-order chi connectivity index (χ1) is 12.6. The molecular formula is C21H23N3O2. The number of benzene rings is 2. The highest BCUT2D eigenvalue weighted by Crippen LogP contribution is 2.31. The van der Waals surface area contributed by atoms with Gasteiger partial charge >= 0.3 is 0 Å². The molecule has 0 aliphatic heterocycles. The molecule has 134 valence electrons. The van der Waals surface area contributed by atoms with Gasteiger partial charge in [-0.15, -0.1) is 0 Å². The minimum atomic E-state index is -0.254. The van der Waals surface area contributed by atoms with Crippen molar-refractivity contribution in [3.05, 3.63) is 59.7 Å². The fraction of sp³-hybridized carbons (Fsp3) is 0.333. The number of hydrogen-bond donors (Lipinski definition) is 1. The minimum absolute atomic E-state index is 0.0551. The lowest BCUT2D eigenvalue weighted by atomic mass is 10.1. The molecule has 0 saturated heterocycles. The summed E-state index contributed by atoms with van der Waals surface area (Å²) in [5, 5.41) is 11.9. The molecule has 2 aromatic carbocycles. The molecule has 1 atom stereocenters. The van der Waals surface area contributed by atoms with Gasteiger partial charge in [0.05, 0.1) is 24.8 Å². The molecule has 1 fully saturated rings. The first-order valence-electron chi connectivity index (χ1n) is 8.80. The van der Waals surface area contributed by atoms with Crippen LogP contribution in [0.1, 0.15) is 30.9 Å². The lowest BCUT2D eigenvalue weighted by Gasteiger charge is -2.28. The Hall–Kier alpha value is -2.84. The number of rotatable bonds is 7. The lowest BCUT2D eigenvalue weighted by molar-refractivity contribution is -0.121. The lowest BCUT2D eigenvalue weighted by Crippen LogP contribution is -2.43. The summed E-state index contributed by atoms with van der Waals surface area (Å²) in [5.74, 6) is 0.774. The Morgan fingerprint density at radius 2 is 2.04 bits per heavy atom. The SMILES string of the molecule is COc1ccc(CN(C2CC2)[C@H](C)C(=O)Nc2cccc(C#N)c2)cc1. The van der Waals surface area contributed by atoms with Crippen LogP contribution in [-0.2, 0) is 11.3 Å². The molecule has 5 nitrogen and oxygen atoms in total. The zero-order chi connectivity index (χ0) is 18.5. The van der Waals surface area contributed by atoms with Gasteiger partial charge < -0.3 is 10.1 Å². The van der Waals surface area contributed by atoms with Crippen molar-refractivity contribution in [3.8, 4) is 11.8 Å². The number of nitriles is 1. The second-order valence-corrected chi connectivity index (χ2v) is 6.61. The van der Waals surface area contributed by atoms with E-state index in [9.17, 15) is 4.79 Å². The number of hydrogen-bond acceptors (Lipinski definition) is 4. The summed E-state index contributed by atoms with van der Waals surface area (Å²) in [6.07, 6.45) is 2.25. The van der Waals surface area contributed by atoms with Crippen molar-refractivity contribution in [1.82, 2.24) is 4.90 Å². The number of amides is 1. The minimum Gasteiger partial charge on any atom is -0.497 e. The molecule has 3 rings (SSSR count). The Bertz CT molecular complexity index is 807. The van der Waals surface area contributed by atoms with Crippen LogP contribution in [0.15, 0.2) is 48.5 Å². The van der Waals surface area contributed by atoms with Crippen LogP contribution in [0.3, 0.4) is 0 Å². The fourth-order valence-electron chi connectivity index (χ4n) is 2.99. The summed E-state index contributed by atoms with van der Waals surface area (Å²) in [7, 11) is 1.65. The Labute approximate surface area is 154 Å². The zero-order valence-corrected chi connectivity index (χ0v) is 15.1. The summed E-state index contributed by atoms with van der Waals surface area (Å²) in [6, 6.07) is 17.2. The second-order valence-electron chi connectivity index (χ2n) is 6.61. The highest BCUT2D eigenvalue weighted by Gasteiger charge is 2.35. The van der Waals surface area contributed by atoms with Crippen LogP contribution in [-0.4, -0.2) is 30.0 Å². The quantitative estimate of drug-likeness (QED) is 0.830. The number of anilines is 1. The predicted octanol–water partition coefficient (Wildman–Crippen LogP) is 3.56. The molecule has 1 amide bonds. The highest BCUT2D eigenvalue weighted by atomic mass is 16.5. The van der Waals surface area contributed by atoms with E-state index in [0.717, 1.165) is 30.7 Å². The molecule has 0 radical (unpaired) electrons. The fourth-order valence-corrected chi connectivity index (χ4v) is 2.99. The smallest absolute Gasteiger partial charge is 0.241 e. The second kappa shape index (κ2) is 8.03. The van der Waals surface area contributed by atoms with Crippen LogP contribution < -0.4 is 10.1 Å². The van der Waals surface area contributed by atoms with Gasteiger partial charge in [-0.25, -0.2) is 0 Å². The van der Waals surface area contributed by atoms with Crippen LogP contribution in [0, 0.1) is 11.3 Å². The van der Waals surface area contributed by atoms with Crippen molar-refractivity contribution in [3.63, 3.8) is 0 Å². The van der Waals surface area contributed by atoms with Gasteiger partial charge in [0.15, 0.2) is 0 Å². The molecule has 5 heteroatoms. The van der Waals surface area contributed by atoms with Gasteiger partial charge in [-0.05, 0) is 55.7 Å². The van der Waals surface area contributed by atoms with Gasteiger partial charge in [0, 0.05) is 18.3 Å². The van der Waals surface area contributed by atoms with E-state index in [1.165, 1.54) is 0 Å². The van der Waals surface area contributed by atoms with Crippen LogP contribution in [0.5, 0.6) is 5.75 Å². The van der Waals surface area contributed by atoms with Crippen LogP contribution in [0.4, 0.5) is 5.69 Å². The first-order valence-corrected chi connectivity index (χ1v) is 8.80. The third-order valence-electron chi connectivity index (χ3n) is 4.68. The Morgan fingerprint density at radius 1 is 1.31 bits per heavy atom. The Balaban J connectivity index is 1.68. The average Bonchev–Trinajstić information content (AvgIpc) is 3.51. The number of ether oxygens (including phenoxy) is 1. The summed E-state index contributed by atoms with van der Waals surface area (Å²) in [5.41, 5.74) is 2.35. The molecule has 0 heterocycles. The topological polar surface area (TPSA) is 65.4 Å². The van der Waals surface area contributed by atoms with E-state index >= 15 is 0 Å². The standard InChI is InChI=1S/C21H23N3O2/c1-15(21(25)23-18-5-3-4-17(12-18)13-22)24(19-8-9-19)14-16-6-10-20(26-2)11-7-16/h3-7,10-12,15,19H,8-9,14H2,1-2H3,(H,23,25)/t15-/m1/s1. The Morgan fingerprint density at radius 3 is 2.65 bits per heavy atom. The van der Waals surface area contributed by atoms with E-state index in [1.54, 1.807) is 31.4 Å². The summed E-state index contributed by atoms with van der Waals surface area (Å²) in [4.78, 5) is 15.0. The molecule has 1 N–H and O–H groups in total. The molecule has 1 aliphatic rings. The molecule has 26 heavy (non-hydrogen) atoms. The number of nitrogens with one attached hydrogen (secondary N) is 1. The van der Waals surface area contributed by atoms with Crippen molar-refractivity contribution in [2.45, 2.75) is 38.4 Å². The first kappa shape index (κ1) is 18.0. The van der Waals surface area contributed by atoms with E-state index in [1.807, 2.05) is 31.2 Å². The van der Waals surface area contributed by atoms with E-state index in [0.29, 0.717) is 17.3 Å². The third-order valence-corrected chi connectivity index (χ3v) is 4.68. The van der Waals surface area contributed by atoms with Crippen molar-refractivity contribution in [2.24, 2.45) is 0 Å². The van der Waals surface area contributed by atoms with E-state index in [2.05, 4.69) is 16.3 Å². The molecule has 2 aromatic rings. The van der Waals surface area contributed by atoms with Gasteiger partial charge in [0.1, 0.15) is 5.75 Å². The van der Waals surface area contributed by atoms with Crippen molar-refractivity contribution in [1.29, 1.82) is 5.26 Å². The highest BCUT2D eigenvalue weighted by molar-refractivity contribution is 5.94. The Kier molecular flexibility index (Phi) is 5.55. The van der Waals surface area contributed by atoms with Crippen molar-refractivity contribution < 1.29 is 9.53 Å². The molecule has 0 spiro atoms. The number of carbonyl (C=O) groups excluding carboxylic acids is 1. The number of carbonyl (C=O) groups is 1. The van der Waals surface area contributed by atoms with Gasteiger partial charge in [-0.2, -0.15) is 5.26 Å². The molecule has 1 saturated carbocycles. The number of nitrogens with zero attached hydrogens (tertiary/aromatic N) is 2. The van der Waals surface area contributed by atoms with Gasteiger partial charge in [0.25, 0.3) is 0 Å². The molecule has 0 aromatic heterocycles. The predicted molar refractivity (Wildman–Crippen MR) is 101 cm³/mol. The average molecular weight is 349 g/mol. The summed E-state index contributed by atoms with van der Waals surface area (Å²) in [6.45, 7) is 2.66. The van der Waals surface area contributed by atoms with Crippen LogP contribution >= 0.6 is 0 Å². The summed E-state index contributed by atoms with van der Waals surface area (Å²) < 4.78 is 5.20. The van der Waals surface area contributed by atoms with Gasteiger partial charge in [-0.3, -0.25) is 9.69 Å². The third kappa shape index (κ3) is 4.41. The van der Waals surface area contributed by atoms with E-state index in [-0.39, 0.29) is 11.9 Å². The molecular weight excluding hydrogens is 326 g/mol. The van der Waals surface area contributed by atoms with Crippen LogP contribution in [0.2, 0.25) is 0 Å².